The first-order valence-corrected chi connectivity index (χ1v) is 9.93. The van der Waals surface area contributed by atoms with Gasteiger partial charge in [-0.2, -0.15) is 0 Å². The molecule has 0 spiro atoms. The van der Waals surface area contributed by atoms with E-state index in [0.29, 0.717) is 0 Å². The Labute approximate surface area is 221 Å². The maximum atomic E-state index is 9.60. The SMILES string of the molecule is C=C(C)C(=O)O.C=C(C)C(=O)O.C=C(C)C(=O)O.C=C(C)C(=O)O.C=CC(=O)O.OCC(CO)(CO)CO. The van der Waals surface area contributed by atoms with Crippen molar-refractivity contribution in [2.45, 2.75) is 27.7 Å². The first kappa shape index (κ1) is 47.1. The van der Waals surface area contributed by atoms with Crippen molar-refractivity contribution in [1.29, 1.82) is 0 Å². The summed E-state index contributed by atoms with van der Waals surface area (Å²) in [6, 6.07) is 0. The summed E-state index contributed by atoms with van der Waals surface area (Å²) in [5, 5.41) is 73.2. The molecule has 0 unspecified atom stereocenters. The van der Waals surface area contributed by atoms with Crippen LogP contribution in [0.3, 0.4) is 0 Å². The number of rotatable bonds is 9. The van der Waals surface area contributed by atoms with Gasteiger partial charge in [0.05, 0.1) is 31.8 Å². The van der Waals surface area contributed by atoms with Gasteiger partial charge in [0, 0.05) is 28.4 Å². The first-order chi connectivity index (χ1) is 17.1. The molecule has 0 aliphatic heterocycles. The lowest BCUT2D eigenvalue weighted by Crippen LogP contribution is -2.37. The number of hydrogen-bond donors (Lipinski definition) is 9. The molecule has 0 atom stereocenters. The monoisotopic (exact) mass is 552 g/mol. The summed E-state index contributed by atoms with van der Waals surface area (Å²) in [6.45, 7) is 19.7. The Balaban J connectivity index is -0.0000000818. The van der Waals surface area contributed by atoms with Crippen LogP contribution in [0.4, 0.5) is 0 Å². The molecule has 0 rings (SSSR count). The zero-order valence-electron chi connectivity index (χ0n) is 22.0. The van der Waals surface area contributed by atoms with Crippen LogP contribution in [0.15, 0.2) is 61.3 Å². The van der Waals surface area contributed by atoms with Crippen molar-refractivity contribution in [3.05, 3.63) is 61.3 Å². The number of aliphatic hydroxyl groups excluding tert-OH is 4. The Morgan fingerprint density at radius 1 is 0.526 bits per heavy atom. The van der Waals surface area contributed by atoms with Crippen LogP contribution in [0, 0.1) is 5.41 Å². The molecule has 0 radical (unpaired) electrons. The third kappa shape index (κ3) is 45.4. The third-order valence-electron chi connectivity index (χ3n) is 2.98. The van der Waals surface area contributed by atoms with Gasteiger partial charge in [-0.05, 0) is 27.7 Å². The summed E-state index contributed by atoms with van der Waals surface area (Å²) in [4.78, 5) is 47.6. The van der Waals surface area contributed by atoms with Gasteiger partial charge < -0.3 is 46.0 Å². The van der Waals surface area contributed by atoms with Crippen LogP contribution in [-0.2, 0) is 24.0 Å². The van der Waals surface area contributed by atoms with E-state index >= 15 is 0 Å². The van der Waals surface area contributed by atoms with E-state index in [9.17, 15) is 24.0 Å². The van der Waals surface area contributed by atoms with Crippen LogP contribution in [0.1, 0.15) is 27.7 Å². The smallest absolute Gasteiger partial charge is 0.330 e. The number of hydrogen-bond acceptors (Lipinski definition) is 9. The van der Waals surface area contributed by atoms with E-state index in [4.69, 9.17) is 46.0 Å². The second-order valence-electron chi connectivity index (χ2n) is 7.02. The highest BCUT2D eigenvalue weighted by Gasteiger charge is 2.26. The topological polar surface area (TPSA) is 267 Å². The lowest BCUT2D eigenvalue weighted by atomic mass is 9.93. The molecule has 0 heterocycles. The lowest BCUT2D eigenvalue weighted by Gasteiger charge is -2.23. The number of carboxylic acid groups (broad SMARTS) is 5. The zero-order chi connectivity index (χ0) is 32.2. The molecule has 0 amide bonds. The highest BCUT2D eigenvalue weighted by molar-refractivity contribution is 5.85. The Bertz CT molecular complexity index is 643. The maximum Gasteiger partial charge on any atom is 0.330 e. The maximum absolute atomic E-state index is 9.60. The average Bonchev–Trinajstić information content (AvgIpc) is 2.82. The van der Waals surface area contributed by atoms with Crippen LogP contribution in [0.25, 0.3) is 0 Å². The highest BCUT2D eigenvalue weighted by atomic mass is 16.4. The van der Waals surface area contributed by atoms with Crippen molar-refractivity contribution in [2.24, 2.45) is 5.41 Å². The third-order valence-corrected chi connectivity index (χ3v) is 2.98. The normalized spacial score (nSPS) is 8.42. The molecule has 9 N–H and O–H groups in total. The van der Waals surface area contributed by atoms with Gasteiger partial charge in [0.1, 0.15) is 0 Å². The second kappa shape index (κ2) is 29.1. The molecule has 0 aliphatic carbocycles. The van der Waals surface area contributed by atoms with Gasteiger partial charge in [-0.25, -0.2) is 24.0 Å². The molecule has 0 aromatic carbocycles. The van der Waals surface area contributed by atoms with Crippen LogP contribution in [0.2, 0.25) is 0 Å². The molecular formula is C24H40O14. The van der Waals surface area contributed by atoms with E-state index in [1.807, 2.05) is 0 Å². The van der Waals surface area contributed by atoms with E-state index in [0.717, 1.165) is 6.08 Å². The number of carboxylic acids is 5. The number of carbonyl (C=O) groups is 5. The Morgan fingerprint density at radius 3 is 0.632 bits per heavy atom. The van der Waals surface area contributed by atoms with Gasteiger partial charge in [0.15, 0.2) is 0 Å². The molecule has 0 aromatic rings. The average molecular weight is 553 g/mol. The standard InChI is InChI=1S/C5H12O4.4C4H6O2.C3H4O2/c6-1-5(2-7,3-8)4-9;4*1-3(2)4(5)6;1-2-3(4)5/h6-9H,1-4H2;4*1H2,2H3,(H,5,6);2H,1H2,(H,4,5). The van der Waals surface area contributed by atoms with E-state index < -0.39 is 61.7 Å². The fourth-order valence-electron chi connectivity index (χ4n) is 0.300. The van der Waals surface area contributed by atoms with Crippen molar-refractivity contribution < 1.29 is 69.9 Å². The van der Waals surface area contributed by atoms with Gasteiger partial charge in [-0.15, -0.1) is 0 Å². The van der Waals surface area contributed by atoms with E-state index in [1.54, 1.807) is 0 Å². The van der Waals surface area contributed by atoms with Gasteiger partial charge in [0.2, 0.25) is 0 Å². The molecule has 0 bridgehead atoms. The van der Waals surface area contributed by atoms with Crippen molar-refractivity contribution in [3.63, 3.8) is 0 Å². The van der Waals surface area contributed by atoms with Crippen LogP contribution < -0.4 is 0 Å². The molecular weight excluding hydrogens is 512 g/mol. The largest absolute Gasteiger partial charge is 0.478 e. The van der Waals surface area contributed by atoms with Crippen LogP contribution in [-0.4, -0.2) is 102 Å². The summed E-state index contributed by atoms with van der Waals surface area (Å²) in [6.07, 6.45) is 0.833. The van der Waals surface area contributed by atoms with Gasteiger partial charge in [0.25, 0.3) is 0 Å². The minimum absolute atomic E-state index is 0.176. The van der Waals surface area contributed by atoms with Crippen molar-refractivity contribution in [1.82, 2.24) is 0 Å². The molecule has 0 saturated heterocycles. The molecule has 0 saturated carbocycles. The zero-order valence-corrected chi connectivity index (χ0v) is 22.0. The molecule has 0 aromatic heterocycles. The predicted molar refractivity (Wildman–Crippen MR) is 138 cm³/mol. The van der Waals surface area contributed by atoms with Crippen LogP contribution >= 0.6 is 0 Å². The van der Waals surface area contributed by atoms with Gasteiger partial charge in [-0.3, -0.25) is 0 Å². The quantitative estimate of drug-likeness (QED) is 0.179. The molecule has 14 heteroatoms. The lowest BCUT2D eigenvalue weighted by molar-refractivity contribution is -0.133. The van der Waals surface area contributed by atoms with Gasteiger partial charge in [-0.1, -0.05) is 32.9 Å². The highest BCUT2D eigenvalue weighted by Crippen LogP contribution is 2.11. The van der Waals surface area contributed by atoms with Crippen molar-refractivity contribution in [3.8, 4) is 0 Å². The summed E-state index contributed by atoms with van der Waals surface area (Å²) in [5.74, 6) is -4.72. The molecule has 14 nitrogen and oxygen atoms in total. The minimum Gasteiger partial charge on any atom is -0.478 e. The summed E-state index contributed by atoms with van der Waals surface area (Å²) < 4.78 is 0. The molecule has 0 fully saturated rings. The summed E-state index contributed by atoms with van der Waals surface area (Å²) in [5.41, 5.74) is -0.407. The second-order valence-corrected chi connectivity index (χ2v) is 7.02. The minimum atomic E-state index is -1.11. The molecule has 220 valence electrons. The summed E-state index contributed by atoms with van der Waals surface area (Å²) >= 11 is 0. The van der Waals surface area contributed by atoms with Crippen LogP contribution in [0.5, 0.6) is 0 Å². The fourth-order valence-corrected chi connectivity index (χ4v) is 0.300. The molecule has 0 aliphatic rings. The first-order valence-electron chi connectivity index (χ1n) is 9.93. The molecule has 38 heavy (non-hydrogen) atoms. The Kier molecular flexibility index (Phi) is 36.1. The predicted octanol–water partition coefficient (Wildman–Crippen LogP) is 0.787. The summed E-state index contributed by atoms with van der Waals surface area (Å²) in [7, 11) is 0. The van der Waals surface area contributed by atoms with Crippen molar-refractivity contribution in [2.75, 3.05) is 26.4 Å². The number of aliphatic hydroxyl groups is 4. The van der Waals surface area contributed by atoms with E-state index in [1.165, 1.54) is 27.7 Å². The van der Waals surface area contributed by atoms with E-state index in [2.05, 4.69) is 32.9 Å². The Hall–Kier alpha value is -4.11. The fraction of sp³-hybridized carbons (Fsp3) is 0.375. The van der Waals surface area contributed by atoms with Crippen molar-refractivity contribution >= 4 is 29.8 Å². The van der Waals surface area contributed by atoms with E-state index in [-0.39, 0.29) is 22.3 Å². The Morgan fingerprint density at radius 2 is 0.632 bits per heavy atom. The number of aliphatic carboxylic acids is 5. The van der Waals surface area contributed by atoms with Gasteiger partial charge >= 0.3 is 29.8 Å².